The summed E-state index contributed by atoms with van der Waals surface area (Å²) < 4.78 is 35.7. The Hall–Kier alpha value is -1.04. The van der Waals surface area contributed by atoms with Gasteiger partial charge in [-0.25, -0.2) is 4.98 Å². The molecule has 3 nitrogen and oxygen atoms in total. The Morgan fingerprint density at radius 3 is 2.73 bits per heavy atom. The summed E-state index contributed by atoms with van der Waals surface area (Å²) in [7, 11) is 1.71. The van der Waals surface area contributed by atoms with Gasteiger partial charge in [0.2, 0.25) is 0 Å². The predicted molar refractivity (Wildman–Crippen MR) is 50.3 cm³/mol. The number of imidazole rings is 1. The maximum absolute atomic E-state index is 11.9. The average molecular weight is 221 g/mol. The fourth-order valence-electron chi connectivity index (χ4n) is 1.39. The summed E-state index contributed by atoms with van der Waals surface area (Å²) in [5.41, 5.74) is 0. The van der Waals surface area contributed by atoms with Crippen LogP contribution >= 0.6 is 0 Å². The first kappa shape index (κ1) is 12.0. The van der Waals surface area contributed by atoms with Gasteiger partial charge < -0.3 is 10.3 Å². The smallest absolute Gasteiger partial charge is 0.347 e. The molecule has 1 aromatic heterocycles. The maximum Gasteiger partial charge on any atom is 0.389 e. The molecule has 1 heterocycles. The Balaban J connectivity index is 2.36. The number of rotatable bonds is 5. The Morgan fingerprint density at radius 2 is 2.27 bits per heavy atom. The van der Waals surface area contributed by atoms with Crippen LogP contribution in [0.25, 0.3) is 0 Å². The van der Waals surface area contributed by atoms with E-state index in [0.29, 0.717) is 12.2 Å². The molecule has 1 aromatic rings. The first-order chi connectivity index (χ1) is 7.03. The quantitative estimate of drug-likeness (QED) is 0.801. The lowest BCUT2D eigenvalue weighted by Gasteiger charge is -2.14. The van der Waals surface area contributed by atoms with Crippen LogP contribution in [0.2, 0.25) is 0 Å². The second kappa shape index (κ2) is 5.16. The molecular formula is C9H14F3N3. The zero-order valence-electron chi connectivity index (χ0n) is 8.43. The number of alkyl halides is 3. The van der Waals surface area contributed by atoms with E-state index in [0.717, 1.165) is 0 Å². The second-order valence-electron chi connectivity index (χ2n) is 3.32. The lowest BCUT2D eigenvalue weighted by molar-refractivity contribution is -0.135. The molecule has 1 unspecified atom stereocenters. The molecule has 0 aliphatic rings. The van der Waals surface area contributed by atoms with E-state index in [9.17, 15) is 13.2 Å². The van der Waals surface area contributed by atoms with Crippen molar-refractivity contribution in [3.8, 4) is 0 Å². The summed E-state index contributed by atoms with van der Waals surface area (Å²) in [6.45, 7) is 0. The van der Waals surface area contributed by atoms with Gasteiger partial charge in [0.15, 0.2) is 0 Å². The largest absolute Gasteiger partial charge is 0.389 e. The summed E-state index contributed by atoms with van der Waals surface area (Å²) in [5, 5.41) is 2.93. The number of halogens is 3. The Labute approximate surface area is 86.1 Å². The molecule has 0 fully saturated rings. The topological polar surface area (TPSA) is 40.7 Å². The standard InChI is InChI=1S/C9H14F3N3/c1-13-7(8-14-5-6-15-8)3-2-4-9(10,11)12/h5-7,13H,2-4H2,1H3,(H,14,15). The van der Waals surface area contributed by atoms with Gasteiger partial charge in [-0.2, -0.15) is 13.2 Å². The molecular weight excluding hydrogens is 207 g/mol. The summed E-state index contributed by atoms with van der Waals surface area (Å²) in [5.74, 6) is 0.680. The number of nitrogens with zero attached hydrogens (tertiary/aromatic N) is 1. The number of nitrogens with one attached hydrogen (secondary N) is 2. The second-order valence-corrected chi connectivity index (χ2v) is 3.32. The van der Waals surface area contributed by atoms with Gasteiger partial charge in [-0.1, -0.05) is 0 Å². The summed E-state index contributed by atoms with van der Waals surface area (Å²) in [6.07, 6.45) is -1.04. The van der Waals surface area contributed by atoms with Gasteiger partial charge in [0.25, 0.3) is 0 Å². The molecule has 6 heteroatoms. The first-order valence-corrected chi connectivity index (χ1v) is 4.76. The van der Waals surface area contributed by atoms with Crippen LogP contribution in [0, 0.1) is 0 Å². The van der Waals surface area contributed by atoms with E-state index < -0.39 is 12.6 Å². The molecule has 1 atom stereocenters. The van der Waals surface area contributed by atoms with Gasteiger partial charge in [-0.3, -0.25) is 0 Å². The van der Waals surface area contributed by atoms with Crippen LogP contribution in [-0.4, -0.2) is 23.2 Å². The Bertz CT molecular complexity index is 269. The molecule has 0 aliphatic carbocycles. The minimum atomic E-state index is -4.07. The number of aromatic nitrogens is 2. The summed E-state index contributed by atoms with van der Waals surface area (Å²) >= 11 is 0. The van der Waals surface area contributed by atoms with Crippen LogP contribution in [-0.2, 0) is 0 Å². The highest BCUT2D eigenvalue weighted by Gasteiger charge is 2.26. The van der Waals surface area contributed by atoms with Crippen molar-refractivity contribution < 1.29 is 13.2 Å². The molecule has 0 amide bonds. The third kappa shape index (κ3) is 4.33. The van der Waals surface area contributed by atoms with Gasteiger partial charge in [0.1, 0.15) is 5.82 Å². The fourth-order valence-corrected chi connectivity index (χ4v) is 1.39. The van der Waals surface area contributed by atoms with Crippen LogP contribution in [0.1, 0.15) is 31.1 Å². The molecule has 0 spiro atoms. The monoisotopic (exact) mass is 221 g/mol. The van der Waals surface area contributed by atoms with Crippen molar-refractivity contribution in [3.05, 3.63) is 18.2 Å². The summed E-state index contributed by atoms with van der Waals surface area (Å²) in [4.78, 5) is 6.88. The van der Waals surface area contributed by atoms with Gasteiger partial charge in [-0.15, -0.1) is 0 Å². The number of hydrogen-bond acceptors (Lipinski definition) is 2. The van der Waals surface area contributed by atoms with Crippen LogP contribution in [0.4, 0.5) is 13.2 Å². The Morgan fingerprint density at radius 1 is 1.53 bits per heavy atom. The minimum Gasteiger partial charge on any atom is -0.347 e. The zero-order chi connectivity index (χ0) is 11.3. The van der Waals surface area contributed by atoms with Crippen molar-refractivity contribution in [1.29, 1.82) is 0 Å². The number of hydrogen-bond donors (Lipinski definition) is 2. The molecule has 86 valence electrons. The fraction of sp³-hybridized carbons (Fsp3) is 0.667. The van der Waals surface area contributed by atoms with Gasteiger partial charge >= 0.3 is 6.18 Å². The minimum absolute atomic E-state index is 0.107. The molecule has 0 aliphatic heterocycles. The molecule has 0 aromatic carbocycles. The van der Waals surface area contributed by atoms with E-state index in [2.05, 4.69) is 15.3 Å². The number of aromatic amines is 1. The van der Waals surface area contributed by atoms with Crippen molar-refractivity contribution in [3.63, 3.8) is 0 Å². The van der Waals surface area contributed by atoms with E-state index in [1.54, 1.807) is 19.4 Å². The highest BCUT2D eigenvalue weighted by molar-refractivity contribution is 4.94. The van der Waals surface area contributed by atoms with E-state index in [4.69, 9.17) is 0 Å². The molecule has 1 rings (SSSR count). The highest BCUT2D eigenvalue weighted by atomic mass is 19.4. The van der Waals surface area contributed by atoms with Crippen molar-refractivity contribution in [2.75, 3.05) is 7.05 Å². The highest BCUT2D eigenvalue weighted by Crippen LogP contribution is 2.25. The maximum atomic E-state index is 11.9. The molecule has 15 heavy (non-hydrogen) atoms. The molecule has 2 N–H and O–H groups in total. The molecule has 0 saturated carbocycles. The van der Waals surface area contributed by atoms with Crippen molar-refractivity contribution >= 4 is 0 Å². The van der Waals surface area contributed by atoms with E-state index in [1.807, 2.05) is 0 Å². The van der Waals surface area contributed by atoms with Crippen molar-refractivity contribution in [2.45, 2.75) is 31.5 Å². The molecule has 0 saturated heterocycles. The van der Waals surface area contributed by atoms with Crippen molar-refractivity contribution in [2.24, 2.45) is 0 Å². The van der Waals surface area contributed by atoms with E-state index >= 15 is 0 Å². The van der Waals surface area contributed by atoms with E-state index in [1.165, 1.54) is 0 Å². The normalized spacial score (nSPS) is 14.1. The summed E-state index contributed by atoms with van der Waals surface area (Å²) in [6, 6.07) is -0.137. The van der Waals surface area contributed by atoms with Crippen LogP contribution < -0.4 is 5.32 Å². The van der Waals surface area contributed by atoms with Gasteiger partial charge in [0, 0.05) is 18.8 Å². The Kier molecular flexibility index (Phi) is 4.14. The lowest BCUT2D eigenvalue weighted by atomic mass is 10.1. The van der Waals surface area contributed by atoms with Gasteiger partial charge in [0.05, 0.1) is 6.04 Å². The number of H-pyrrole nitrogens is 1. The third-order valence-corrected chi connectivity index (χ3v) is 2.15. The lowest BCUT2D eigenvalue weighted by Crippen LogP contribution is -2.18. The SMILES string of the molecule is CNC(CCCC(F)(F)F)c1ncc[nH]1. The van der Waals surface area contributed by atoms with Crippen LogP contribution in [0.3, 0.4) is 0 Å². The molecule has 0 radical (unpaired) electrons. The molecule has 0 bridgehead atoms. The van der Waals surface area contributed by atoms with Crippen LogP contribution in [0.15, 0.2) is 12.4 Å². The first-order valence-electron chi connectivity index (χ1n) is 4.76. The van der Waals surface area contributed by atoms with Crippen molar-refractivity contribution in [1.82, 2.24) is 15.3 Å². The zero-order valence-corrected chi connectivity index (χ0v) is 8.43. The van der Waals surface area contributed by atoms with Gasteiger partial charge in [-0.05, 0) is 19.9 Å². The van der Waals surface area contributed by atoms with Crippen LogP contribution in [0.5, 0.6) is 0 Å². The average Bonchev–Trinajstić information content (AvgIpc) is 2.63. The van der Waals surface area contributed by atoms with E-state index in [-0.39, 0.29) is 12.5 Å². The third-order valence-electron chi connectivity index (χ3n) is 2.15. The predicted octanol–water partition coefficient (Wildman–Crippen LogP) is 2.40.